The van der Waals surface area contributed by atoms with Crippen LogP contribution in [0.25, 0.3) is 0 Å². The van der Waals surface area contributed by atoms with Crippen LogP contribution in [-0.4, -0.2) is 18.0 Å². The molecule has 3 N–H and O–H groups in total. The van der Waals surface area contributed by atoms with Crippen LogP contribution >= 0.6 is 12.4 Å². The van der Waals surface area contributed by atoms with Gasteiger partial charge in [0, 0.05) is 18.0 Å². The maximum Gasteiger partial charge on any atom is 0.223 e. The number of benzene rings is 1. The third kappa shape index (κ3) is 3.33. The molecule has 2 unspecified atom stereocenters. The summed E-state index contributed by atoms with van der Waals surface area (Å²) in [6, 6.07) is 11.2. The van der Waals surface area contributed by atoms with Crippen molar-refractivity contribution in [1.29, 1.82) is 0 Å². The summed E-state index contributed by atoms with van der Waals surface area (Å²) in [6.45, 7) is 0. The van der Waals surface area contributed by atoms with Crippen LogP contribution in [0, 0.1) is 5.92 Å². The molecule has 2 saturated carbocycles. The fraction of sp³-hybridized carbons (Fsp3) is 0.562. The third-order valence-electron chi connectivity index (χ3n) is 4.60. The van der Waals surface area contributed by atoms with Gasteiger partial charge in [0.2, 0.25) is 5.91 Å². The Hall–Kier alpha value is -1.06. The van der Waals surface area contributed by atoms with Crippen molar-refractivity contribution in [3.63, 3.8) is 0 Å². The zero-order valence-electron chi connectivity index (χ0n) is 11.6. The fourth-order valence-corrected chi connectivity index (χ4v) is 3.31. The molecule has 20 heavy (non-hydrogen) atoms. The molecule has 2 atom stereocenters. The van der Waals surface area contributed by atoms with Crippen LogP contribution in [-0.2, 0) is 4.79 Å². The van der Waals surface area contributed by atoms with E-state index in [4.69, 9.17) is 5.73 Å². The Morgan fingerprint density at radius 1 is 1.10 bits per heavy atom. The Morgan fingerprint density at radius 3 is 2.40 bits per heavy atom. The van der Waals surface area contributed by atoms with Gasteiger partial charge in [0.05, 0.1) is 0 Å². The Kier molecular flexibility index (Phi) is 5.06. The van der Waals surface area contributed by atoms with Gasteiger partial charge in [0.25, 0.3) is 0 Å². The molecule has 3 rings (SSSR count). The molecular formula is C16H23ClN2O. The fourth-order valence-electron chi connectivity index (χ4n) is 3.31. The average molecular weight is 295 g/mol. The van der Waals surface area contributed by atoms with E-state index in [1.807, 2.05) is 6.07 Å². The normalized spacial score (nSPS) is 32.0. The van der Waals surface area contributed by atoms with Gasteiger partial charge < -0.3 is 11.1 Å². The van der Waals surface area contributed by atoms with Crippen molar-refractivity contribution in [1.82, 2.24) is 5.32 Å². The third-order valence-corrected chi connectivity index (χ3v) is 4.60. The highest BCUT2D eigenvalue weighted by molar-refractivity contribution is 5.85. The molecule has 1 amide bonds. The number of carbonyl (C=O) groups excluding carboxylic acids is 1. The van der Waals surface area contributed by atoms with E-state index < -0.39 is 0 Å². The standard InChI is InChI=1S/C16H22N2O.ClH/c17-14-7-6-12(8-14)16(19)18-15-9-13(10-15)11-4-2-1-3-5-11;/h1-5,12-15H,6-10,17H2,(H,18,19);1H. The molecule has 2 aliphatic carbocycles. The first-order valence-electron chi connectivity index (χ1n) is 7.33. The summed E-state index contributed by atoms with van der Waals surface area (Å²) in [5.41, 5.74) is 7.26. The lowest BCUT2D eigenvalue weighted by atomic mass is 9.75. The van der Waals surface area contributed by atoms with Gasteiger partial charge in [0.15, 0.2) is 0 Å². The van der Waals surface area contributed by atoms with Crippen LogP contribution in [0.2, 0.25) is 0 Å². The average Bonchev–Trinajstić information content (AvgIpc) is 2.81. The highest BCUT2D eigenvalue weighted by atomic mass is 35.5. The van der Waals surface area contributed by atoms with E-state index in [9.17, 15) is 4.79 Å². The molecule has 3 nitrogen and oxygen atoms in total. The van der Waals surface area contributed by atoms with E-state index in [0.29, 0.717) is 12.0 Å². The second kappa shape index (κ2) is 6.59. The highest BCUT2D eigenvalue weighted by Gasteiger charge is 2.34. The summed E-state index contributed by atoms with van der Waals surface area (Å²) in [5.74, 6) is 1.01. The summed E-state index contributed by atoms with van der Waals surface area (Å²) in [5, 5.41) is 3.18. The van der Waals surface area contributed by atoms with Crippen LogP contribution < -0.4 is 11.1 Å². The van der Waals surface area contributed by atoms with Crippen molar-refractivity contribution in [3.8, 4) is 0 Å². The van der Waals surface area contributed by atoms with Crippen molar-refractivity contribution in [2.45, 2.75) is 50.1 Å². The van der Waals surface area contributed by atoms with E-state index in [1.165, 1.54) is 5.56 Å². The number of nitrogens with two attached hydrogens (primary N) is 1. The van der Waals surface area contributed by atoms with E-state index in [-0.39, 0.29) is 30.3 Å². The molecule has 2 aliphatic rings. The van der Waals surface area contributed by atoms with Crippen LogP contribution in [0.4, 0.5) is 0 Å². The van der Waals surface area contributed by atoms with Crippen molar-refractivity contribution in [3.05, 3.63) is 35.9 Å². The summed E-state index contributed by atoms with van der Waals surface area (Å²) in [6.07, 6.45) is 4.97. The van der Waals surface area contributed by atoms with E-state index in [2.05, 4.69) is 29.6 Å². The molecule has 4 heteroatoms. The maximum atomic E-state index is 12.1. The molecule has 0 radical (unpaired) electrons. The Morgan fingerprint density at radius 2 is 1.80 bits per heavy atom. The second-order valence-corrected chi connectivity index (χ2v) is 6.05. The van der Waals surface area contributed by atoms with Crippen LogP contribution in [0.15, 0.2) is 30.3 Å². The molecule has 0 saturated heterocycles. The van der Waals surface area contributed by atoms with Gasteiger partial charge in [-0.05, 0) is 43.6 Å². The zero-order chi connectivity index (χ0) is 13.2. The molecule has 0 aliphatic heterocycles. The van der Waals surface area contributed by atoms with E-state index >= 15 is 0 Å². The number of carbonyl (C=O) groups is 1. The lowest BCUT2D eigenvalue weighted by Gasteiger charge is -2.36. The number of hydrogen-bond acceptors (Lipinski definition) is 2. The smallest absolute Gasteiger partial charge is 0.223 e. The van der Waals surface area contributed by atoms with Gasteiger partial charge in [-0.2, -0.15) is 0 Å². The first-order chi connectivity index (χ1) is 9.22. The summed E-state index contributed by atoms with van der Waals surface area (Å²) < 4.78 is 0. The molecular weight excluding hydrogens is 272 g/mol. The van der Waals surface area contributed by atoms with Gasteiger partial charge >= 0.3 is 0 Å². The molecule has 2 fully saturated rings. The Labute approximate surface area is 126 Å². The summed E-state index contributed by atoms with van der Waals surface area (Å²) in [7, 11) is 0. The SMILES string of the molecule is Cl.NC1CCC(C(=O)NC2CC(c3ccccc3)C2)C1. The minimum absolute atomic E-state index is 0. The first kappa shape index (κ1) is 15.3. The van der Waals surface area contributed by atoms with Gasteiger partial charge in [-0.1, -0.05) is 30.3 Å². The maximum absolute atomic E-state index is 12.1. The van der Waals surface area contributed by atoms with Crippen molar-refractivity contribution in [2.75, 3.05) is 0 Å². The zero-order valence-corrected chi connectivity index (χ0v) is 12.4. The van der Waals surface area contributed by atoms with Crippen molar-refractivity contribution in [2.24, 2.45) is 11.7 Å². The summed E-state index contributed by atoms with van der Waals surface area (Å²) in [4.78, 5) is 12.1. The first-order valence-corrected chi connectivity index (χ1v) is 7.33. The van der Waals surface area contributed by atoms with E-state index in [1.54, 1.807) is 0 Å². The monoisotopic (exact) mass is 294 g/mol. The predicted octanol–water partition coefficient (Wildman–Crippen LogP) is 2.60. The van der Waals surface area contributed by atoms with Crippen molar-refractivity contribution < 1.29 is 4.79 Å². The molecule has 0 spiro atoms. The lowest BCUT2D eigenvalue weighted by Crippen LogP contribution is -2.45. The molecule has 0 aromatic heterocycles. The molecule has 1 aromatic carbocycles. The van der Waals surface area contributed by atoms with Gasteiger partial charge in [-0.3, -0.25) is 4.79 Å². The number of halogens is 1. The minimum atomic E-state index is 0. The molecule has 1 aromatic rings. The predicted molar refractivity (Wildman–Crippen MR) is 82.9 cm³/mol. The van der Waals surface area contributed by atoms with Crippen LogP contribution in [0.1, 0.15) is 43.6 Å². The van der Waals surface area contributed by atoms with Crippen LogP contribution in [0.3, 0.4) is 0 Å². The van der Waals surface area contributed by atoms with Gasteiger partial charge in [0.1, 0.15) is 0 Å². The second-order valence-electron chi connectivity index (χ2n) is 6.05. The van der Waals surface area contributed by atoms with Gasteiger partial charge in [-0.15, -0.1) is 12.4 Å². The molecule has 0 bridgehead atoms. The Bertz CT molecular complexity index is 445. The minimum Gasteiger partial charge on any atom is -0.353 e. The molecule has 0 heterocycles. The number of rotatable bonds is 3. The lowest BCUT2D eigenvalue weighted by molar-refractivity contribution is -0.126. The van der Waals surface area contributed by atoms with E-state index in [0.717, 1.165) is 32.1 Å². The molecule has 110 valence electrons. The van der Waals surface area contributed by atoms with Gasteiger partial charge in [-0.25, -0.2) is 0 Å². The van der Waals surface area contributed by atoms with Crippen LogP contribution in [0.5, 0.6) is 0 Å². The quantitative estimate of drug-likeness (QED) is 0.900. The largest absolute Gasteiger partial charge is 0.353 e. The van der Waals surface area contributed by atoms with Crippen molar-refractivity contribution >= 4 is 18.3 Å². The number of nitrogens with one attached hydrogen (secondary N) is 1. The topological polar surface area (TPSA) is 55.1 Å². The summed E-state index contributed by atoms with van der Waals surface area (Å²) >= 11 is 0. The Balaban J connectivity index is 0.00000147. The highest BCUT2D eigenvalue weighted by Crippen LogP contribution is 2.37. The number of hydrogen-bond donors (Lipinski definition) is 2. The number of amides is 1.